The Morgan fingerprint density at radius 3 is 2.67 bits per heavy atom. The van der Waals surface area contributed by atoms with E-state index < -0.39 is 0 Å². The maximum absolute atomic E-state index is 12.2. The second-order valence-electron chi connectivity index (χ2n) is 5.79. The molecule has 0 aliphatic rings. The van der Waals surface area contributed by atoms with E-state index in [9.17, 15) is 4.79 Å². The summed E-state index contributed by atoms with van der Waals surface area (Å²) in [4.78, 5) is 16.9. The molecular formula is C20H22N2O2. The molecule has 4 nitrogen and oxygen atoms in total. The Hall–Kier alpha value is -2.62. The lowest BCUT2D eigenvalue weighted by Crippen LogP contribution is -2.11. The molecule has 24 heavy (non-hydrogen) atoms. The van der Waals surface area contributed by atoms with Crippen molar-refractivity contribution in [1.82, 2.24) is 9.38 Å². The van der Waals surface area contributed by atoms with Gasteiger partial charge in [0.15, 0.2) is 0 Å². The maximum Gasteiger partial charge on any atom is 0.311 e. The highest BCUT2D eigenvalue weighted by atomic mass is 16.5. The maximum atomic E-state index is 12.2. The van der Waals surface area contributed by atoms with Gasteiger partial charge < -0.3 is 9.14 Å². The van der Waals surface area contributed by atoms with Gasteiger partial charge in [0.1, 0.15) is 5.65 Å². The van der Waals surface area contributed by atoms with Crippen molar-refractivity contribution < 1.29 is 9.53 Å². The minimum absolute atomic E-state index is 0.213. The Morgan fingerprint density at radius 2 is 1.96 bits per heavy atom. The van der Waals surface area contributed by atoms with E-state index in [-0.39, 0.29) is 12.4 Å². The summed E-state index contributed by atoms with van der Waals surface area (Å²) < 4.78 is 7.26. The van der Waals surface area contributed by atoms with Crippen LogP contribution >= 0.6 is 0 Å². The first-order chi connectivity index (χ1) is 11.7. The van der Waals surface area contributed by atoms with E-state index in [0.717, 1.165) is 35.4 Å². The van der Waals surface area contributed by atoms with E-state index in [4.69, 9.17) is 9.72 Å². The summed E-state index contributed by atoms with van der Waals surface area (Å²) in [5.41, 5.74) is 4.83. The van der Waals surface area contributed by atoms with Crippen LogP contribution in [-0.4, -0.2) is 22.0 Å². The number of hydrogen-bond acceptors (Lipinski definition) is 3. The second kappa shape index (κ2) is 7.30. The molecule has 0 bridgehead atoms. The third kappa shape index (κ3) is 3.32. The van der Waals surface area contributed by atoms with Crippen LogP contribution in [0.2, 0.25) is 0 Å². The Kier molecular flexibility index (Phi) is 4.94. The Morgan fingerprint density at radius 1 is 1.17 bits per heavy atom. The van der Waals surface area contributed by atoms with E-state index in [1.165, 1.54) is 5.56 Å². The normalized spacial score (nSPS) is 10.9. The van der Waals surface area contributed by atoms with Crippen LogP contribution in [0, 0.1) is 0 Å². The first kappa shape index (κ1) is 16.2. The third-order valence-electron chi connectivity index (χ3n) is 4.02. The van der Waals surface area contributed by atoms with Crippen molar-refractivity contribution in [1.29, 1.82) is 0 Å². The van der Waals surface area contributed by atoms with Crippen molar-refractivity contribution in [2.45, 2.75) is 33.1 Å². The van der Waals surface area contributed by atoms with Gasteiger partial charge in [0, 0.05) is 11.8 Å². The fourth-order valence-electron chi connectivity index (χ4n) is 2.76. The number of aromatic nitrogens is 2. The molecule has 0 aliphatic heterocycles. The monoisotopic (exact) mass is 322 g/mol. The minimum atomic E-state index is -0.213. The van der Waals surface area contributed by atoms with Crippen molar-refractivity contribution in [3.8, 4) is 11.3 Å². The van der Waals surface area contributed by atoms with Gasteiger partial charge in [-0.15, -0.1) is 0 Å². The van der Waals surface area contributed by atoms with Gasteiger partial charge in [-0.2, -0.15) is 0 Å². The Labute approximate surface area is 142 Å². The summed E-state index contributed by atoms with van der Waals surface area (Å²) in [5.74, 6) is -0.213. The van der Waals surface area contributed by atoms with Crippen LogP contribution in [0.4, 0.5) is 0 Å². The van der Waals surface area contributed by atoms with Crippen LogP contribution in [0.1, 0.15) is 31.5 Å². The van der Waals surface area contributed by atoms with Crippen LogP contribution in [0.3, 0.4) is 0 Å². The number of imidazole rings is 1. The molecule has 0 fully saturated rings. The molecule has 0 amide bonds. The zero-order chi connectivity index (χ0) is 16.9. The fourth-order valence-corrected chi connectivity index (χ4v) is 2.76. The standard InChI is InChI=1S/C20H22N2O2/c1-3-12-24-19(23)14-17-20(16-8-6-5-7-9-16)21-18-13-15(4-2)10-11-22(17)18/h5-11,13H,3-4,12,14H2,1-2H3. The first-order valence-corrected chi connectivity index (χ1v) is 8.43. The van der Waals surface area contributed by atoms with Gasteiger partial charge in [-0.1, -0.05) is 44.2 Å². The van der Waals surface area contributed by atoms with Crippen LogP contribution < -0.4 is 0 Å². The molecular weight excluding hydrogens is 300 g/mol. The highest BCUT2D eigenvalue weighted by Gasteiger charge is 2.17. The van der Waals surface area contributed by atoms with Gasteiger partial charge in [0.05, 0.1) is 24.4 Å². The molecule has 0 N–H and O–H groups in total. The van der Waals surface area contributed by atoms with E-state index in [0.29, 0.717) is 6.61 Å². The lowest BCUT2D eigenvalue weighted by Gasteiger charge is -2.06. The summed E-state index contributed by atoms with van der Waals surface area (Å²) in [6.45, 7) is 4.56. The molecule has 0 unspecified atom stereocenters. The predicted molar refractivity (Wildman–Crippen MR) is 95.0 cm³/mol. The number of nitrogens with zero attached hydrogens (tertiary/aromatic N) is 2. The largest absolute Gasteiger partial charge is 0.465 e. The highest BCUT2D eigenvalue weighted by molar-refractivity contribution is 5.77. The number of aryl methyl sites for hydroxylation is 1. The number of carbonyl (C=O) groups excluding carboxylic acids is 1. The number of pyridine rings is 1. The lowest BCUT2D eigenvalue weighted by atomic mass is 10.1. The smallest absolute Gasteiger partial charge is 0.311 e. The molecule has 0 saturated heterocycles. The number of benzene rings is 1. The molecule has 4 heteroatoms. The summed E-state index contributed by atoms with van der Waals surface area (Å²) in [7, 11) is 0. The number of rotatable bonds is 6. The molecule has 0 spiro atoms. The molecule has 0 radical (unpaired) electrons. The molecule has 124 valence electrons. The summed E-state index contributed by atoms with van der Waals surface area (Å²) in [5, 5.41) is 0. The summed E-state index contributed by atoms with van der Waals surface area (Å²) in [6.07, 6.45) is 4.00. The molecule has 2 heterocycles. The molecule has 0 aliphatic carbocycles. The van der Waals surface area contributed by atoms with Gasteiger partial charge in [0.25, 0.3) is 0 Å². The molecule has 1 aromatic carbocycles. The molecule has 2 aromatic heterocycles. The lowest BCUT2D eigenvalue weighted by molar-refractivity contribution is -0.142. The number of ether oxygens (including phenoxy) is 1. The second-order valence-corrected chi connectivity index (χ2v) is 5.79. The van der Waals surface area contributed by atoms with E-state index >= 15 is 0 Å². The van der Waals surface area contributed by atoms with Gasteiger partial charge in [-0.3, -0.25) is 4.79 Å². The average Bonchev–Trinajstić information content (AvgIpc) is 2.98. The zero-order valence-electron chi connectivity index (χ0n) is 14.2. The topological polar surface area (TPSA) is 43.6 Å². The molecule has 3 aromatic rings. The van der Waals surface area contributed by atoms with Crippen molar-refractivity contribution in [2.75, 3.05) is 6.61 Å². The Balaban J connectivity index is 2.07. The third-order valence-corrected chi connectivity index (χ3v) is 4.02. The minimum Gasteiger partial charge on any atom is -0.465 e. The SMILES string of the molecule is CCCOC(=O)Cc1c(-c2ccccc2)nc2cc(CC)ccn12. The van der Waals surface area contributed by atoms with Crippen molar-refractivity contribution >= 4 is 11.6 Å². The van der Waals surface area contributed by atoms with Gasteiger partial charge in [-0.05, 0) is 30.5 Å². The van der Waals surface area contributed by atoms with E-state index in [1.54, 1.807) is 0 Å². The van der Waals surface area contributed by atoms with Gasteiger partial charge in [0.2, 0.25) is 0 Å². The van der Waals surface area contributed by atoms with E-state index in [1.807, 2.05) is 47.9 Å². The van der Waals surface area contributed by atoms with Crippen LogP contribution in [0.5, 0.6) is 0 Å². The van der Waals surface area contributed by atoms with Crippen molar-refractivity contribution in [3.63, 3.8) is 0 Å². The molecule has 3 rings (SSSR count). The first-order valence-electron chi connectivity index (χ1n) is 8.43. The quantitative estimate of drug-likeness (QED) is 0.643. The average molecular weight is 322 g/mol. The van der Waals surface area contributed by atoms with Crippen LogP contribution in [0.25, 0.3) is 16.9 Å². The highest BCUT2D eigenvalue weighted by Crippen LogP contribution is 2.25. The summed E-state index contributed by atoms with van der Waals surface area (Å²) in [6, 6.07) is 14.1. The predicted octanol–water partition coefficient (Wildman–Crippen LogP) is 4.06. The van der Waals surface area contributed by atoms with Crippen molar-refractivity contribution in [3.05, 3.63) is 59.9 Å². The van der Waals surface area contributed by atoms with Crippen LogP contribution in [0.15, 0.2) is 48.7 Å². The number of carbonyl (C=O) groups is 1. The summed E-state index contributed by atoms with van der Waals surface area (Å²) >= 11 is 0. The zero-order valence-corrected chi connectivity index (χ0v) is 14.2. The van der Waals surface area contributed by atoms with Crippen molar-refractivity contribution in [2.24, 2.45) is 0 Å². The van der Waals surface area contributed by atoms with Gasteiger partial charge in [-0.25, -0.2) is 4.98 Å². The molecule has 0 saturated carbocycles. The number of hydrogen-bond donors (Lipinski definition) is 0. The van der Waals surface area contributed by atoms with Crippen LogP contribution in [-0.2, 0) is 22.4 Å². The molecule has 0 atom stereocenters. The fraction of sp³-hybridized carbons (Fsp3) is 0.300. The van der Waals surface area contributed by atoms with Gasteiger partial charge >= 0.3 is 5.97 Å². The number of esters is 1. The number of fused-ring (bicyclic) bond motifs is 1. The van der Waals surface area contributed by atoms with E-state index in [2.05, 4.69) is 19.1 Å². The Bertz CT molecular complexity index is 837.